The van der Waals surface area contributed by atoms with Crippen molar-refractivity contribution in [2.75, 3.05) is 6.61 Å². The molecule has 1 aliphatic heterocycles. The van der Waals surface area contributed by atoms with Gasteiger partial charge in [0.2, 0.25) is 0 Å². The van der Waals surface area contributed by atoms with Crippen molar-refractivity contribution in [2.45, 2.75) is 103 Å². The first kappa shape index (κ1) is 19.1. The Bertz CT molecular complexity index is 324. The Labute approximate surface area is 137 Å². The minimum Gasteiger partial charge on any atom is -0.466 e. The molecule has 0 unspecified atom stereocenters. The molecular formula is C20H34O2. The Hall–Kier alpha value is -0.970. The molecule has 0 spiro atoms. The molecule has 2 heteroatoms. The minimum absolute atomic E-state index is 0.00108. The molecule has 0 saturated carbocycles. The predicted molar refractivity (Wildman–Crippen MR) is 92.6 cm³/mol. The number of hydrogen-bond acceptors (Lipinski definition) is 2. The van der Waals surface area contributed by atoms with Gasteiger partial charge in [-0.25, -0.2) is 0 Å². The molecule has 1 aliphatic rings. The van der Waals surface area contributed by atoms with Crippen LogP contribution in [0.1, 0.15) is 103 Å². The quantitative estimate of drug-likeness (QED) is 0.418. The second-order valence-electron chi connectivity index (χ2n) is 6.42. The summed E-state index contributed by atoms with van der Waals surface area (Å²) in [5.41, 5.74) is 0. The molecule has 0 aromatic heterocycles. The van der Waals surface area contributed by atoms with Gasteiger partial charge in [-0.3, -0.25) is 4.79 Å². The van der Waals surface area contributed by atoms with Crippen LogP contribution in [0, 0.1) is 11.8 Å². The summed E-state index contributed by atoms with van der Waals surface area (Å²) in [4.78, 5) is 11.6. The molecule has 0 radical (unpaired) electrons. The van der Waals surface area contributed by atoms with Gasteiger partial charge in [-0.05, 0) is 25.7 Å². The van der Waals surface area contributed by atoms with Crippen LogP contribution in [0.4, 0.5) is 0 Å². The molecule has 22 heavy (non-hydrogen) atoms. The van der Waals surface area contributed by atoms with Crippen LogP contribution in [-0.4, -0.2) is 12.6 Å². The Balaban J connectivity index is 2.15. The maximum Gasteiger partial charge on any atom is 0.305 e. The fourth-order valence-electron chi connectivity index (χ4n) is 2.82. The van der Waals surface area contributed by atoms with Crippen molar-refractivity contribution >= 4 is 5.97 Å². The van der Waals surface area contributed by atoms with Crippen molar-refractivity contribution in [2.24, 2.45) is 0 Å². The molecular weight excluding hydrogens is 272 g/mol. The highest BCUT2D eigenvalue weighted by atomic mass is 16.5. The van der Waals surface area contributed by atoms with Crippen molar-refractivity contribution in [1.29, 1.82) is 0 Å². The lowest BCUT2D eigenvalue weighted by atomic mass is 10.1. The number of carbonyl (C=O) groups is 1. The third kappa shape index (κ3) is 12.7. The Kier molecular flexibility index (Phi) is 13.0. The first-order chi connectivity index (χ1) is 10.9. The Morgan fingerprint density at radius 2 is 1.05 bits per heavy atom. The van der Waals surface area contributed by atoms with E-state index in [9.17, 15) is 4.79 Å². The van der Waals surface area contributed by atoms with E-state index in [1.807, 2.05) is 0 Å². The molecule has 0 aromatic rings. The van der Waals surface area contributed by atoms with Gasteiger partial charge in [-0.15, -0.1) is 11.8 Å². The van der Waals surface area contributed by atoms with E-state index in [0.29, 0.717) is 13.0 Å². The largest absolute Gasteiger partial charge is 0.466 e. The maximum atomic E-state index is 11.6. The molecule has 0 N–H and O–H groups in total. The van der Waals surface area contributed by atoms with Crippen molar-refractivity contribution in [1.82, 2.24) is 0 Å². The molecule has 0 atom stereocenters. The van der Waals surface area contributed by atoms with E-state index in [2.05, 4.69) is 11.8 Å². The van der Waals surface area contributed by atoms with Crippen molar-refractivity contribution in [3.8, 4) is 11.8 Å². The summed E-state index contributed by atoms with van der Waals surface area (Å²) < 4.78 is 5.29. The Morgan fingerprint density at radius 1 is 0.591 bits per heavy atom. The summed E-state index contributed by atoms with van der Waals surface area (Å²) in [5.74, 6) is 6.63. The third-order valence-electron chi connectivity index (χ3n) is 4.27. The van der Waals surface area contributed by atoms with Crippen LogP contribution in [0.3, 0.4) is 0 Å². The number of ether oxygens (including phenoxy) is 1. The average molecular weight is 306 g/mol. The van der Waals surface area contributed by atoms with Gasteiger partial charge in [0.25, 0.3) is 0 Å². The topological polar surface area (TPSA) is 26.3 Å². The molecule has 126 valence electrons. The fraction of sp³-hybridized carbons (Fsp3) is 0.850. The molecule has 2 nitrogen and oxygen atoms in total. The van der Waals surface area contributed by atoms with Gasteiger partial charge >= 0.3 is 5.97 Å². The zero-order chi connectivity index (χ0) is 15.7. The Morgan fingerprint density at radius 3 is 1.64 bits per heavy atom. The molecule has 1 heterocycles. The predicted octanol–water partition coefficient (Wildman–Crippen LogP) is 5.79. The molecule has 0 fully saturated rings. The lowest BCUT2D eigenvalue weighted by Gasteiger charge is -2.05. The molecule has 0 aliphatic carbocycles. The van der Waals surface area contributed by atoms with Crippen molar-refractivity contribution in [3.63, 3.8) is 0 Å². The van der Waals surface area contributed by atoms with Crippen LogP contribution < -0.4 is 0 Å². The van der Waals surface area contributed by atoms with Gasteiger partial charge in [-0.2, -0.15) is 0 Å². The van der Waals surface area contributed by atoms with Crippen molar-refractivity contribution < 1.29 is 9.53 Å². The summed E-state index contributed by atoms with van der Waals surface area (Å²) in [7, 11) is 0. The van der Waals surface area contributed by atoms with E-state index in [1.54, 1.807) is 0 Å². The van der Waals surface area contributed by atoms with Gasteiger partial charge in [0, 0.05) is 19.3 Å². The summed E-state index contributed by atoms with van der Waals surface area (Å²) in [5, 5.41) is 0. The van der Waals surface area contributed by atoms with E-state index >= 15 is 0 Å². The zero-order valence-electron chi connectivity index (χ0n) is 14.3. The number of esters is 1. The second kappa shape index (κ2) is 14.9. The first-order valence-electron chi connectivity index (χ1n) is 9.51. The van der Waals surface area contributed by atoms with E-state index in [-0.39, 0.29) is 5.97 Å². The fourth-order valence-corrected chi connectivity index (χ4v) is 2.82. The van der Waals surface area contributed by atoms with Gasteiger partial charge in [-0.1, -0.05) is 57.8 Å². The number of cyclic esters (lactones) is 1. The molecule has 0 amide bonds. The highest BCUT2D eigenvalue weighted by Crippen LogP contribution is 2.11. The highest BCUT2D eigenvalue weighted by Gasteiger charge is 2.02. The summed E-state index contributed by atoms with van der Waals surface area (Å²) in [6.07, 6.45) is 18.6. The van der Waals surface area contributed by atoms with E-state index in [0.717, 1.165) is 32.1 Å². The molecule has 0 bridgehead atoms. The lowest BCUT2D eigenvalue weighted by Crippen LogP contribution is -2.05. The van der Waals surface area contributed by atoms with Gasteiger partial charge in [0.05, 0.1) is 6.61 Å². The van der Waals surface area contributed by atoms with Gasteiger partial charge in [0.1, 0.15) is 0 Å². The number of hydrogen-bond donors (Lipinski definition) is 0. The monoisotopic (exact) mass is 306 g/mol. The normalized spacial score (nSPS) is 21.7. The van der Waals surface area contributed by atoms with Gasteiger partial charge < -0.3 is 4.74 Å². The summed E-state index contributed by atoms with van der Waals surface area (Å²) in [6.45, 7) is 0.619. The third-order valence-corrected chi connectivity index (χ3v) is 4.27. The van der Waals surface area contributed by atoms with Crippen LogP contribution in [0.5, 0.6) is 0 Å². The molecule has 0 aromatic carbocycles. The maximum absolute atomic E-state index is 11.6. The van der Waals surface area contributed by atoms with E-state index < -0.39 is 0 Å². The highest BCUT2D eigenvalue weighted by molar-refractivity contribution is 5.69. The first-order valence-corrected chi connectivity index (χ1v) is 9.51. The zero-order valence-corrected chi connectivity index (χ0v) is 14.3. The summed E-state index contributed by atoms with van der Waals surface area (Å²) in [6, 6.07) is 0. The van der Waals surface area contributed by atoms with Crippen LogP contribution in [0.25, 0.3) is 0 Å². The lowest BCUT2D eigenvalue weighted by molar-refractivity contribution is -0.143. The van der Waals surface area contributed by atoms with Crippen molar-refractivity contribution in [3.05, 3.63) is 0 Å². The van der Waals surface area contributed by atoms with Crippen LogP contribution in [-0.2, 0) is 9.53 Å². The minimum atomic E-state index is 0.00108. The van der Waals surface area contributed by atoms with Crippen LogP contribution >= 0.6 is 0 Å². The van der Waals surface area contributed by atoms with E-state index in [4.69, 9.17) is 4.74 Å². The molecule has 1 rings (SSSR count). The SMILES string of the molecule is O=C1CCCCCCCCC#CCCCCCCCCCO1. The van der Waals surface area contributed by atoms with Crippen LogP contribution in [0.15, 0.2) is 0 Å². The van der Waals surface area contributed by atoms with E-state index in [1.165, 1.54) is 64.2 Å². The van der Waals surface area contributed by atoms with Gasteiger partial charge in [0.15, 0.2) is 0 Å². The van der Waals surface area contributed by atoms with Crippen LogP contribution in [0.2, 0.25) is 0 Å². The molecule has 0 saturated heterocycles. The second-order valence-corrected chi connectivity index (χ2v) is 6.42. The number of rotatable bonds is 0. The number of carbonyl (C=O) groups excluding carboxylic acids is 1. The smallest absolute Gasteiger partial charge is 0.305 e. The average Bonchev–Trinajstić information content (AvgIpc) is 2.52. The standard InChI is InChI=1S/C20H34O2/c21-20-18-16-14-12-10-8-6-4-2-1-3-5-7-9-11-13-15-17-19-22-20/h3-19H2. The summed E-state index contributed by atoms with van der Waals surface area (Å²) >= 11 is 0.